The summed E-state index contributed by atoms with van der Waals surface area (Å²) in [6, 6.07) is 18.1. The summed E-state index contributed by atoms with van der Waals surface area (Å²) < 4.78 is 0. The van der Waals surface area contributed by atoms with Gasteiger partial charge in [-0.1, -0.05) is 59.1 Å². The summed E-state index contributed by atoms with van der Waals surface area (Å²) in [5.74, 6) is 0. The highest BCUT2D eigenvalue weighted by Gasteiger charge is 2.32. The number of nitrogens with zero attached hydrogens (tertiary/aromatic N) is 3. The summed E-state index contributed by atoms with van der Waals surface area (Å²) in [6.45, 7) is 11.0. The number of halogens is 3. The van der Waals surface area contributed by atoms with Crippen molar-refractivity contribution in [3.63, 3.8) is 0 Å². The van der Waals surface area contributed by atoms with Crippen LogP contribution in [-0.2, 0) is 13.1 Å². The van der Waals surface area contributed by atoms with Crippen molar-refractivity contribution in [1.82, 2.24) is 15.1 Å². The van der Waals surface area contributed by atoms with Crippen LogP contribution in [0.1, 0.15) is 31.9 Å². The van der Waals surface area contributed by atoms with Gasteiger partial charge in [0.2, 0.25) is 0 Å². The molecular formula is C29H31Cl3N4O. The SMILES string of the molecule is CC(C)N1CCN(Cc2cc(-c3ccccc3Cl)c3c(c2)N(c2c(Cl)cccc2Cl)C(=O)NC3)C(C)C1. The summed E-state index contributed by atoms with van der Waals surface area (Å²) in [6.07, 6.45) is 0. The Morgan fingerprint density at radius 2 is 1.65 bits per heavy atom. The van der Waals surface area contributed by atoms with Crippen LogP contribution in [0.2, 0.25) is 15.1 Å². The number of anilines is 2. The third-order valence-electron chi connectivity index (χ3n) is 7.38. The zero-order chi connectivity index (χ0) is 26.3. The highest BCUT2D eigenvalue weighted by atomic mass is 35.5. The minimum absolute atomic E-state index is 0.260. The molecule has 1 unspecified atom stereocenters. The molecule has 194 valence electrons. The third kappa shape index (κ3) is 5.21. The van der Waals surface area contributed by atoms with Crippen molar-refractivity contribution in [1.29, 1.82) is 0 Å². The van der Waals surface area contributed by atoms with Crippen LogP contribution in [0.15, 0.2) is 54.6 Å². The monoisotopic (exact) mass is 556 g/mol. The van der Waals surface area contributed by atoms with Crippen LogP contribution in [0.25, 0.3) is 11.1 Å². The largest absolute Gasteiger partial charge is 0.333 e. The molecule has 0 aromatic heterocycles. The lowest BCUT2D eigenvalue weighted by molar-refractivity contribution is 0.0597. The molecule has 8 heteroatoms. The molecule has 0 spiro atoms. The Hall–Kier alpha value is -2.28. The molecule has 3 aromatic rings. The van der Waals surface area contributed by atoms with E-state index < -0.39 is 0 Å². The van der Waals surface area contributed by atoms with E-state index in [4.69, 9.17) is 34.8 Å². The fourth-order valence-electron chi connectivity index (χ4n) is 5.35. The molecule has 2 aliphatic heterocycles. The third-order valence-corrected chi connectivity index (χ3v) is 8.32. The molecule has 0 aliphatic carbocycles. The van der Waals surface area contributed by atoms with Crippen LogP contribution in [0.4, 0.5) is 16.2 Å². The van der Waals surface area contributed by atoms with Crippen molar-refractivity contribution in [3.05, 3.63) is 80.8 Å². The Bertz CT molecular complexity index is 1310. The molecule has 1 atom stereocenters. The van der Waals surface area contributed by atoms with Crippen molar-refractivity contribution in [2.45, 2.75) is 45.9 Å². The number of nitrogens with one attached hydrogen (secondary N) is 1. The smallest absolute Gasteiger partial charge is 0.326 e. The van der Waals surface area contributed by atoms with Crippen LogP contribution < -0.4 is 10.2 Å². The number of rotatable bonds is 5. The maximum atomic E-state index is 13.3. The molecule has 0 bridgehead atoms. The first-order chi connectivity index (χ1) is 17.7. The maximum absolute atomic E-state index is 13.3. The lowest BCUT2D eigenvalue weighted by Crippen LogP contribution is -2.53. The van der Waals surface area contributed by atoms with Gasteiger partial charge in [0, 0.05) is 61.0 Å². The first kappa shape index (κ1) is 26.3. The minimum Gasteiger partial charge on any atom is -0.333 e. The Labute approximate surface area is 233 Å². The number of benzene rings is 3. The number of carbonyl (C=O) groups is 1. The summed E-state index contributed by atoms with van der Waals surface area (Å²) in [7, 11) is 0. The van der Waals surface area contributed by atoms with Crippen LogP contribution in [-0.4, -0.2) is 47.5 Å². The van der Waals surface area contributed by atoms with Gasteiger partial charge in [-0.25, -0.2) is 4.79 Å². The lowest BCUT2D eigenvalue weighted by atomic mass is 9.93. The molecule has 2 heterocycles. The van der Waals surface area contributed by atoms with Gasteiger partial charge in [0.25, 0.3) is 0 Å². The van der Waals surface area contributed by atoms with Crippen molar-refractivity contribution in [2.24, 2.45) is 0 Å². The number of urea groups is 1. The van der Waals surface area contributed by atoms with Gasteiger partial charge in [0.05, 0.1) is 21.4 Å². The molecule has 1 N–H and O–H groups in total. The van der Waals surface area contributed by atoms with Gasteiger partial charge in [0.15, 0.2) is 0 Å². The van der Waals surface area contributed by atoms with E-state index in [0.717, 1.165) is 54.1 Å². The normalized spacial score (nSPS) is 18.7. The molecule has 0 saturated carbocycles. The summed E-state index contributed by atoms with van der Waals surface area (Å²) >= 11 is 19.9. The van der Waals surface area contributed by atoms with Crippen molar-refractivity contribution in [2.75, 3.05) is 24.5 Å². The first-order valence-electron chi connectivity index (χ1n) is 12.7. The Balaban J connectivity index is 1.63. The van der Waals surface area contributed by atoms with Crippen LogP contribution in [0.5, 0.6) is 0 Å². The molecule has 1 fully saturated rings. The molecule has 2 aliphatic rings. The second kappa shape index (κ2) is 10.8. The zero-order valence-electron chi connectivity index (χ0n) is 21.3. The summed E-state index contributed by atoms with van der Waals surface area (Å²) in [4.78, 5) is 19.9. The number of hydrogen-bond donors (Lipinski definition) is 1. The van der Waals surface area contributed by atoms with Gasteiger partial charge < -0.3 is 5.32 Å². The number of amides is 2. The van der Waals surface area contributed by atoms with Gasteiger partial charge in [0.1, 0.15) is 0 Å². The van der Waals surface area contributed by atoms with Gasteiger partial charge in [-0.15, -0.1) is 0 Å². The quantitative estimate of drug-likeness (QED) is 0.351. The van der Waals surface area contributed by atoms with E-state index in [1.54, 1.807) is 23.1 Å². The maximum Gasteiger partial charge on any atom is 0.326 e. The zero-order valence-corrected chi connectivity index (χ0v) is 23.5. The van der Waals surface area contributed by atoms with E-state index in [1.807, 2.05) is 24.3 Å². The van der Waals surface area contributed by atoms with E-state index in [0.29, 0.717) is 39.4 Å². The number of para-hydroxylation sites is 1. The Morgan fingerprint density at radius 3 is 2.32 bits per heavy atom. The molecule has 0 radical (unpaired) electrons. The average molecular weight is 558 g/mol. The first-order valence-corrected chi connectivity index (χ1v) is 13.8. The van der Waals surface area contributed by atoms with Crippen LogP contribution >= 0.6 is 34.8 Å². The Morgan fingerprint density at radius 1 is 0.946 bits per heavy atom. The molecule has 3 aromatic carbocycles. The molecule has 37 heavy (non-hydrogen) atoms. The van der Waals surface area contributed by atoms with E-state index >= 15 is 0 Å². The summed E-state index contributed by atoms with van der Waals surface area (Å²) in [5.41, 5.74) is 5.28. The van der Waals surface area contributed by atoms with E-state index in [1.165, 1.54) is 0 Å². The number of piperazine rings is 1. The van der Waals surface area contributed by atoms with Gasteiger partial charge in [-0.3, -0.25) is 14.7 Å². The van der Waals surface area contributed by atoms with E-state index in [2.05, 4.69) is 48.0 Å². The number of fused-ring (bicyclic) bond motifs is 1. The topological polar surface area (TPSA) is 38.8 Å². The average Bonchev–Trinajstić information content (AvgIpc) is 2.86. The van der Waals surface area contributed by atoms with Crippen molar-refractivity contribution in [3.8, 4) is 11.1 Å². The van der Waals surface area contributed by atoms with Crippen LogP contribution in [0.3, 0.4) is 0 Å². The lowest BCUT2D eigenvalue weighted by Gasteiger charge is -2.42. The number of hydrogen-bond acceptors (Lipinski definition) is 3. The molecule has 1 saturated heterocycles. The fraction of sp³-hybridized carbons (Fsp3) is 0.345. The minimum atomic E-state index is -0.260. The standard InChI is InChI=1S/C29H31Cl3N4O/c1-18(2)34-11-12-35(19(3)16-34)17-20-13-22(21-7-4-5-8-24(21)30)23-15-33-29(37)36(27(23)14-20)28-25(31)9-6-10-26(28)32/h4-10,13-14,18-19H,11-12,15-17H2,1-3H3,(H,33,37). The molecular weight excluding hydrogens is 527 g/mol. The molecule has 5 nitrogen and oxygen atoms in total. The van der Waals surface area contributed by atoms with E-state index in [-0.39, 0.29) is 6.03 Å². The van der Waals surface area contributed by atoms with Gasteiger partial charge >= 0.3 is 6.03 Å². The van der Waals surface area contributed by atoms with Gasteiger partial charge in [-0.2, -0.15) is 0 Å². The highest BCUT2D eigenvalue weighted by molar-refractivity contribution is 6.40. The Kier molecular flexibility index (Phi) is 7.71. The van der Waals surface area contributed by atoms with Crippen LogP contribution in [0, 0.1) is 0 Å². The van der Waals surface area contributed by atoms with Gasteiger partial charge in [-0.05, 0) is 62.2 Å². The second-order valence-electron chi connectivity index (χ2n) is 10.1. The number of carbonyl (C=O) groups excluding carboxylic acids is 1. The predicted molar refractivity (Wildman–Crippen MR) is 154 cm³/mol. The van der Waals surface area contributed by atoms with Crippen molar-refractivity contribution < 1.29 is 4.79 Å². The molecule has 5 rings (SSSR count). The fourth-order valence-corrected chi connectivity index (χ4v) is 6.15. The predicted octanol–water partition coefficient (Wildman–Crippen LogP) is 7.59. The second-order valence-corrected chi connectivity index (χ2v) is 11.3. The highest BCUT2D eigenvalue weighted by Crippen LogP contribution is 2.44. The summed E-state index contributed by atoms with van der Waals surface area (Å²) in [5, 5.41) is 4.50. The molecule has 2 amide bonds. The van der Waals surface area contributed by atoms with E-state index in [9.17, 15) is 4.79 Å². The van der Waals surface area contributed by atoms with Crippen molar-refractivity contribution >= 4 is 52.2 Å².